The van der Waals surface area contributed by atoms with E-state index in [0.717, 1.165) is 43.7 Å². The standard InChI is InChI=1S/C14H22N6O3S/c1-19-11-12(18-14(19)23-2)15-9-16-13(11)20-7-4-10(5-8-20)3-6-17-24(21)22/h9-10,24H,3-8H2,1-2H3,(H,17,21,22). The average Bonchev–Trinajstić information content (AvgIpc) is 2.91. The molecule has 2 aromatic rings. The Hall–Kier alpha value is -1.94. The predicted molar refractivity (Wildman–Crippen MR) is 90.7 cm³/mol. The second-order valence-corrected chi connectivity index (χ2v) is 6.74. The third-order valence-electron chi connectivity index (χ3n) is 4.50. The molecule has 0 spiro atoms. The number of fused-ring (bicyclic) bond motifs is 1. The molecule has 3 heterocycles. The van der Waals surface area contributed by atoms with Crippen LogP contribution in [0.5, 0.6) is 6.01 Å². The summed E-state index contributed by atoms with van der Waals surface area (Å²) in [6, 6.07) is 0.513. The van der Waals surface area contributed by atoms with E-state index in [4.69, 9.17) is 4.74 Å². The Morgan fingerprint density at radius 3 is 2.75 bits per heavy atom. The molecule has 0 radical (unpaired) electrons. The summed E-state index contributed by atoms with van der Waals surface area (Å²) in [5.41, 5.74) is 1.50. The number of anilines is 1. The summed E-state index contributed by atoms with van der Waals surface area (Å²) in [6.07, 6.45) is 4.43. The fourth-order valence-electron chi connectivity index (χ4n) is 3.21. The van der Waals surface area contributed by atoms with E-state index < -0.39 is 10.9 Å². The number of rotatable bonds is 6. The van der Waals surface area contributed by atoms with Gasteiger partial charge in [-0.15, -0.1) is 0 Å². The Kier molecular flexibility index (Phi) is 5.14. The van der Waals surface area contributed by atoms with Crippen molar-refractivity contribution in [2.45, 2.75) is 19.3 Å². The average molecular weight is 354 g/mol. The number of ether oxygens (including phenoxy) is 1. The summed E-state index contributed by atoms with van der Waals surface area (Å²) < 4.78 is 30.7. The van der Waals surface area contributed by atoms with Gasteiger partial charge in [0.25, 0.3) is 6.01 Å². The second kappa shape index (κ2) is 7.31. The number of nitrogens with zero attached hydrogens (tertiary/aromatic N) is 5. The number of piperidine rings is 1. The molecule has 0 unspecified atom stereocenters. The first-order chi connectivity index (χ1) is 11.6. The van der Waals surface area contributed by atoms with Gasteiger partial charge < -0.3 is 9.64 Å². The minimum absolute atomic E-state index is 0.513. The molecular weight excluding hydrogens is 332 g/mol. The summed E-state index contributed by atoms with van der Waals surface area (Å²) in [5, 5.41) is 0. The highest BCUT2D eigenvalue weighted by Crippen LogP contribution is 2.30. The molecule has 1 saturated heterocycles. The van der Waals surface area contributed by atoms with Crippen molar-refractivity contribution in [1.29, 1.82) is 0 Å². The van der Waals surface area contributed by atoms with Gasteiger partial charge >= 0.3 is 0 Å². The van der Waals surface area contributed by atoms with Crippen molar-refractivity contribution in [3.63, 3.8) is 0 Å². The van der Waals surface area contributed by atoms with Gasteiger partial charge in [0, 0.05) is 26.7 Å². The molecular formula is C14H22N6O3S. The summed E-state index contributed by atoms with van der Waals surface area (Å²) >= 11 is 0. The lowest BCUT2D eigenvalue weighted by Gasteiger charge is -2.33. The summed E-state index contributed by atoms with van der Waals surface area (Å²) in [4.78, 5) is 15.3. The zero-order valence-electron chi connectivity index (χ0n) is 13.8. The van der Waals surface area contributed by atoms with E-state index >= 15 is 0 Å². The van der Waals surface area contributed by atoms with Crippen molar-refractivity contribution in [3.05, 3.63) is 6.33 Å². The van der Waals surface area contributed by atoms with Crippen LogP contribution < -0.4 is 14.4 Å². The molecule has 10 heteroatoms. The van der Waals surface area contributed by atoms with Crippen LogP contribution in [0.2, 0.25) is 0 Å². The molecule has 1 fully saturated rings. The van der Waals surface area contributed by atoms with Gasteiger partial charge in [-0.1, -0.05) is 0 Å². The highest BCUT2D eigenvalue weighted by atomic mass is 32.2. The van der Waals surface area contributed by atoms with Gasteiger partial charge in [0.2, 0.25) is 10.9 Å². The van der Waals surface area contributed by atoms with E-state index in [1.165, 1.54) is 6.33 Å². The first kappa shape index (κ1) is 16.9. The minimum Gasteiger partial charge on any atom is -0.468 e. The van der Waals surface area contributed by atoms with Crippen LogP contribution in [-0.4, -0.2) is 54.7 Å². The van der Waals surface area contributed by atoms with Gasteiger partial charge in [0.05, 0.1) is 7.11 Å². The van der Waals surface area contributed by atoms with Crippen molar-refractivity contribution in [1.82, 2.24) is 24.2 Å². The van der Waals surface area contributed by atoms with E-state index in [2.05, 4.69) is 24.6 Å². The molecule has 3 rings (SSSR count). The van der Waals surface area contributed by atoms with E-state index in [9.17, 15) is 8.42 Å². The summed E-state index contributed by atoms with van der Waals surface area (Å²) in [6.45, 7) is 2.28. The largest absolute Gasteiger partial charge is 0.468 e. The Morgan fingerprint density at radius 2 is 2.08 bits per heavy atom. The van der Waals surface area contributed by atoms with Crippen LogP contribution in [0.4, 0.5) is 5.82 Å². The normalized spacial score (nSPS) is 16.2. The number of imidazole rings is 1. The molecule has 0 saturated carbocycles. The van der Waals surface area contributed by atoms with E-state index in [0.29, 0.717) is 24.1 Å². The fourth-order valence-corrected chi connectivity index (χ4v) is 3.52. The van der Waals surface area contributed by atoms with Crippen molar-refractivity contribution >= 4 is 27.9 Å². The maximum Gasteiger partial charge on any atom is 0.298 e. The molecule has 0 aromatic carbocycles. The van der Waals surface area contributed by atoms with Crippen LogP contribution in [-0.2, 0) is 17.9 Å². The van der Waals surface area contributed by atoms with E-state index in [1.54, 1.807) is 7.11 Å². The summed E-state index contributed by atoms with van der Waals surface area (Å²) in [5.74, 6) is 1.40. The quantitative estimate of drug-likeness (QED) is 0.709. The van der Waals surface area contributed by atoms with Crippen LogP contribution in [0.3, 0.4) is 0 Å². The van der Waals surface area contributed by atoms with Crippen molar-refractivity contribution in [2.24, 2.45) is 13.0 Å². The zero-order chi connectivity index (χ0) is 17.1. The molecule has 1 aliphatic rings. The van der Waals surface area contributed by atoms with Crippen molar-refractivity contribution in [2.75, 3.05) is 31.6 Å². The lowest BCUT2D eigenvalue weighted by atomic mass is 9.93. The highest BCUT2D eigenvalue weighted by molar-refractivity contribution is 7.70. The maximum atomic E-state index is 10.5. The molecule has 0 amide bonds. The highest BCUT2D eigenvalue weighted by Gasteiger charge is 2.24. The number of hydrogen-bond acceptors (Lipinski definition) is 7. The number of hydrogen-bond donors (Lipinski definition) is 2. The van der Waals surface area contributed by atoms with Gasteiger partial charge in [-0.25, -0.2) is 23.1 Å². The Morgan fingerprint density at radius 1 is 1.33 bits per heavy atom. The smallest absolute Gasteiger partial charge is 0.298 e. The molecule has 0 bridgehead atoms. The van der Waals surface area contributed by atoms with Crippen LogP contribution >= 0.6 is 0 Å². The molecule has 24 heavy (non-hydrogen) atoms. The van der Waals surface area contributed by atoms with Gasteiger partial charge in [-0.3, -0.25) is 4.57 Å². The molecule has 132 valence electrons. The molecule has 0 aliphatic carbocycles. The van der Waals surface area contributed by atoms with Gasteiger partial charge in [0.1, 0.15) is 11.8 Å². The van der Waals surface area contributed by atoms with Crippen LogP contribution in [0.1, 0.15) is 19.3 Å². The SMILES string of the molecule is COc1nc2ncnc(N3CCC(CCN[SH](=O)=O)CC3)c2n1C. The van der Waals surface area contributed by atoms with Crippen LogP contribution in [0.25, 0.3) is 11.2 Å². The van der Waals surface area contributed by atoms with Gasteiger partial charge in [-0.2, -0.15) is 4.98 Å². The monoisotopic (exact) mass is 354 g/mol. The third-order valence-corrected chi connectivity index (χ3v) is 4.98. The number of thiol groups is 1. The predicted octanol–water partition coefficient (Wildman–Crippen LogP) is 0.0944. The van der Waals surface area contributed by atoms with Crippen molar-refractivity contribution in [3.8, 4) is 6.01 Å². The maximum absolute atomic E-state index is 10.5. The number of nitrogens with one attached hydrogen (secondary N) is 1. The second-order valence-electron chi connectivity index (χ2n) is 5.91. The van der Waals surface area contributed by atoms with Crippen molar-refractivity contribution < 1.29 is 13.2 Å². The lowest BCUT2D eigenvalue weighted by molar-refractivity contribution is 0.368. The molecule has 1 N–H and O–H groups in total. The van der Waals surface area contributed by atoms with Crippen LogP contribution in [0.15, 0.2) is 6.33 Å². The van der Waals surface area contributed by atoms with Crippen LogP contribution in [0, 0.1) is 5.92 Å². The number of aryl methyl sites for hydroxylation is 1. The Balaban J connectivity index is 1.70. The van der Waals surface area contributed by atoms with E-state index in [1.807, 2.05) is 11.6 Å². The lowest BCUT2D eigenvalue weighted by Crippen LogP contribution is -2.35. The molecule has 1 aliphatic heterocycles. The topological polar surface area (TPSA) is 102 Å². The van der Waals surface area contributed by atoms with E-state index in [-0.39, 0.29) is 0 Å². The third kappa shape index (κ3) is 3.44. The van der Waals surface area contributed by atoms with Gasteiger partial charge in [0.15, 0.2) is 11.5 Å². The first-order valence-corrected chi connectivity index (χ1v) is 9.12. The Labute approximate surface area is 142 Å². The first-order valence-electron chi connectivity index (χ1n) is 7.94. The Bertz CT molecular complexity index is 774. The summed E-state index contributed by atoms with van der Waals surface area (Å²) in [7, 11) is 0.985. The minimum atomic E-state index is -2.49. The molecule has 0 atom stereocenters. The molecule has 2 aromatic heterocycles. The molecule has 9 nitrogen and oxygen atoms in total. The zero-order valence-corrected chi connectivity index (χ0v) is 14.7. The number of methoxy groups -OCH3 is 1. The van der Waals surface area contributed by atoms with Gasteiger partial charge in [-0.05, 0) is 25.2 Å². The fraction of sp³-hybridized carbons (Fsp3) is 0.643. The number of aromatic nitrogens is 4.